The van der Waals surface area contributed by atoms with Gasteiger partial charge in [-0.15, -0.1) is 0 Å². The zero-order valence-electron chi connectivity index (χ0n) is 8.51. The molecule has 0 aliphatic heterocycles. The number of nitrogens with two attached hydrogens (primary N) is 2. The van der Waals surface area contributed by atoms with E-state index in [-0.39, 0.29) is 20.1 Å². The topological polar surface area (TPSA) is 106 Å². The first-order valence-electron chi connectivity index (χ1n) is 4.29. The van der Waals surface area contributed by atoms with Crippen molar-refractivity contribution in [3.63, 3.8) is 0 Å². The molecule has 2 amide bonds. The van der Waals surface area contributed by atoms with Crippen LogP contribution in [0.15, 0.2) is 6.07 Å². The average molecular weight is 332 g/mol. The molecule has 0 fully saturated rings. The fourth-order valence-corrected chi connectivity index (χ4v) is 2.34. The first kappa shape index (κ1) is 15.3. The summed E-state index contributed by atoms with van der Waals surface area (Å²) in [7, 11) is 0. The SMILES string of the molecule is NC(=O)C(O)(C(N)=O)c1c(Cl)c(Cl)cc(Cl)c1Cl. The monoisotopic (exact) mass is 330 g/mol. The number of carbonyl (C=O) groups is 2. The van der Waals surface area contributed by atoms with Gasteiger partial charge in [-0.1, -0.05) is 46.4 Å². The molecule has 0 aliphatic carbocycles. The van der Waals surface area contributed by atoms with Gasteiger partial charge in [0.1, 0.15) is 0 Å². The van der Waals surface area contributed by atoms with Crippen LogP contribution in [0, 0.1) is 0 Å². The number of hydrogen-bond donors (Lipinski definition) is 3. The van der Waals surface area contributed by atoms with Crippen molar-refractivity contribution < 1.29 is 14.7 Å². The molecule has 1 aromatic carbocycles. The van der Waals surface area contributed by atoms with Crippen LogP contribution in [-0.2, 0) is 15.2 Å². The van der Waals surface area contributed by atoms with Crippen molar-refractivity contribution in [1.29, 1.82) is 0 Å². The third kappa shape index (κ3) is 2.24. The molecule has 0 heterocycles. The molecule has 98 valence electrons. The van der Waals surface area contributed by atoms with Gasteiger partial charge in [0.15, 0.2) is 0 Å². The van der Waals surface area contributed by atoms with Crippen molar-refractivity contribution in [1.82, 2.24) is 0 Å². The Balaban J connectivity index is 3.78. The summed E-state index contributed by atoms with van der Waals surface area (Å²) in [5.74, 6) is -2.89. The van der Waals surface area contributed by atoms with E-state index in [1.165, 1.54) is 6.07 Å². The molecule has 0 aromatic heterocycles. The molecular weight excluding hydrogens is 326 g/mol. The van der Waals surface area contributed by atoms with Crippen molar-refractivity contribution in [2.24, 2.45) is 11.5 Å². The van der Waals surface area contributed by atoms with Gasteiger partial charge in [-0.2, -0.15) is 0 Å². The lowest BCUT2D eigenvalue weighted by Gasteiger charge is -2.24. The third-order valence-electron chi connectivity index (χ3n) is 2.19. The van der Waals surface area contributed by atoms with E-state index >= 15 is 0 Å². The van der Waals surface area contributed by atoms with Crippen molar-refractivity contribution in [3.8, 4) is 0 Å². The fourth-order valence-electron chi connectivity index (χ4n) is 1.26. The molecule has 5 nitrogen and oxygen atoms in total. The summed E-state index contributed by atoms with van der Waals surface area (Å²) in [6, 6.07) is 1.18. The average Bonchev–Trinajstić information content (AvgIpc) is 2.25. The van der Waals surface area contributed by atoms with Crippen LogP contribution in [0.1, 0.15) is 5.56 Å². The Morgan fingerprint density at radius 2 is 1.33 bits per heavy atom. The minimum atomic E-state index is -2.90. The van der Waals surface area contributed by atoms with E-state index in [1.807, 2.05) is 0 Å². The summed E-state index contributed by atoms with van der Waals surface area (Å²) in [6.45, 7) is 0. The Labute approximate surface area is 122 Å². The summed E-state index contributed by atoms with van der Waals surface area (Å²) in [4.78, 5) is 22.5. The molecule has 0 spiro atoms. The molecule has 9 heteroatoms. The number of amides is 2. The molecule has 1 rings (SSSR count). The van der Waals surface area contributed by atoms with Gasteiger partial charge in [-0.25, -0.2) is 0 Å². The molecular formula is C9H6Cl4N2O3. The molecule has 0 bridgehead atoms. The van der Waals surface area contributed by atoms with Crippen LogP contribution in [0.3, 0.4) is 0 Å². The maximum Gasteiger partial charge on any atom is 0.264 e. The predicted molar refractivity (Wildman–Crippen MR) is 68.8 cm³/mol. The molecule has 0 saturated carbocycles. The van der Waals surface area contributed by atoms with Crippen LogP contribution in [0.5, 0.6) is 0 Å². The highest BCUT2D eigenvalue weighted by Crippen LogP contribution is 2.42. The van der Waals surface area contributed by atoms with Crippen LogP contribution in [-0.4, -0.2) is 16.9 Å². The van der Waals surface area contributed by atoms with E-state index in [4.69, 9.17) is 57.9 Å². The Bertz CT molecular complexity index is 507. The second-order valence-electron chi connectivity index (χ2n) is 3.28. The van der Waals surface area contributed by atoms with E-state index in [1.54, 1.807) is 0 Å². The van der Waals surface area contributed by atoms with Gasteiger partial charge < -0.3 is 16.6 Å². The second-order valence-corrected chi connectivity index (χ2v) is 4.85. The van der Waals surface area contributed by atoms with E-state index in [0.717, 1.165) is 0 Å². The van der Waals surface area contributed by atoms with Gasteiger partial charge in [0.05, 0.1) is 20.1 Å². The number of benzene rings is 1. The number of primary amides is 2. The molecule has 0 atom stereocenters. The Kier molecular flexibility index (Phi) is 4.35. The predicted octanol–water partition coefficient (Wildman–Crippen LogP) is 1.46. The zero-order valence-corrected chi connectivity index (χ0v) is 11.5. The summed E-state index contributed by atoms with van der Waals surface area (Å²) in [6.07, 6.45) is 0. The van der Waals surface area contributed by atoms with Crippen LogP contribution < -0.4 is 11.5 Å². The van der Waals surface area contributed by atoms with E-state index < -0.39 is 23.0 Å². The third-order valence-corrected chi connectivity index (χ3v) is 3.76. The van der Waals surface area contributed by atoms with Gasteiger partial charge in [-0.05, 0) is 6.07 Å². The molecule has 1 aromatic rings. The quantitative estimate of drug-likeness (QED) is 0.576. The summed E-state index contributed by atoms with van der Waals surface area (Å²) in [5.41, 5.74) is 6.46. The standard InChI is InChI=1S/C9H6Cl4N2O3/c10-2-1-3(11)6(13)4(5(2)12)9(18,7(14)16)8(15)17/h1,18H,(H2,14,16)(H2,15,17). The Morgan fingerprint density at radius 3 is 1.61 bits per heavy atom. The highest BCUT2D eigenvalue weighted by Gasteiger charge is 2.47. The molecule has 0 saturated heterocycles. The highest BCUT2D eigenvalue weighted by molar-refractivity contribution is 6.48. The molecule has 0 radical (unpaired) electrons. The largest absolute Gasteiger partial charge is 0.368 e. The van der Waals surface area contributed by atoms with Gasteiger partial charge in [0.2, 0.25) is 0 Å². The summed E-state index contributed by atoms with van der Waals surface area (Å²) < 4.78 is 0. The molecule has 18 heavy (non-hydrogen) atoms. The Morgan fingerprint density at radius 1 is 1.00 bits per heavy atom. The highest BCUT2D eigenvalue weighted by atomic mass is 35.5. The number of rotatable bonds is 3. The number of halogens is 4. The van der Waals surface area contributed by atoms with E-state index in [2.05, 4.69) is 0 Å². The maximum atomic E-state index is 11.3. The van der Waals surface area contributed by atoms with Gasteiger partial charge >= 0.3 is 0 Å². The van der Waals surface area contributed by atoms with Crippen LogP contribution in [0.4, 0.5) is 0 Å². The number of hydrogen-bond acceptors (Lipinski definition) is 3. The minimum Gasteiger partial charge on any atom is -0.368 e. The first-order valence-corrected chi connectivity index (χ1v) is 5.80. The molecule has 0 aliphatic rings. The zero-order chi connectivity index (χ0) is 14.2. The maximum absolute atomic E-state index is 11.3. The van der Waals surface area contributed by atoms with Crippen molar-refractivity contribution in [2.45, 2.75) is 5.60 Å². The second kappa shape index (κ2) is 5.11. The first-order chi connectivity index (χ1) is 8.13. The van der Waals surface area contributed by atoms with Gasteiger partial charge in [0.25, 0.3) is 17.4 Å². The van der Waals surface area contributed by atoms with Crippen molar-refractivity contribution >= 4 is 58.2 Å². The Hall–Kier alpha value is -0.720. The minimum absolute atomic E-state index is 0.123. The van der Waals surface area contributed by atoms with E-state index in [0.29, 0.717) is 0 Å². The molecule has 0 unspecified atom stereocenters. The van der Waals surface area contributed by atoms with Crippen LogP contribution >= 0.6 is 46.4 Å². The fraction of sp³-hybridized carbons (Fsp3) is 0.111. The number of carbonyl (C=O) groups excluding carboxylic acids is 2. The van der Waals surface area contributed by atoms with Crippen molar-refractivity contribution in [2.75, 3.05) is 0 Å². The van der Waals surface area contributed by atoms with Crippen molar-refractivity contribution in [3.05, 3.63) is 31.7 Å². The lowest BCUT2D eigenvalue weighted by molar-refractivity contribution is -0.150. The number of aliphatic hydroxyl groups is 1. The van der Waals surface area contributed by atoms with Gasteiger partial charge in [0, 0.05) is 5.56 Å². The molecule has 5 N–H and O–H groups in total. The summed E-state index contributed by atoms with van der Waals surface area (Å²) >= 11 is 23.0. The normalized spacial score (nSPS) is 11.4. The lowest BCUT2D eigenvalue weighted by atomic mass is 9.92. The van der Waals surface area contributed by atoms with Crippen LogP contribution in [0.2, 0.25) is 20.1 Å². The lowest BCUT2D eigenvalue weighted by Crippen LogP contribution is -2.51. The van der Waals surface area contributed by atoms with Gasteiger partial charge in [-0.3, -0.25) is 9.59 Å². The van der Waals surface area contributed by atoms with E-state index in [9.17, 15) is 14.7 Å². The smallest absolute Gasteiger partial charge is 0.264 e. The summed E-state index contributed by atoms with van der Waals surface area (Å²) in [5, 5.41) is 9.08. The van der Waals surface area contributed by atoms with Crippen LogP contribution in [0.25, 0.3) is 0 Å².